The molecule has 2 atom stereocenters. The van der Waals surface area contributed by atoms with Gasteiger partial charge in [0.15, 0.2) is 11.7 Å². The summed E-state index contributed by atoms with van der Waals surface area (Å²) in [5, 5.41) is 0. The molecule has 16 heavy (non-hydrogen) atoms. The Labute approximate surface area is 98.4 Å². The van der Waals surface area contributed by atoms with E-state index >= 15 is 0 Å². The SMILES string of the molecule is C=C(C)C(=O)OC12CCSCC1OC(=O)C2. The Kier molecular flexibility index (Phi) is 2.97. The number of esters is 2. The van der Waals surface area contributed by atoms with E-state index in [0.717, 1.165) is 5.75 Å². The van der Waals surface area contributed by atoms with Gasteiger partial charge in [0.2, 0.25) is 0 Å². The second kappa shape index (κ2) is 4.13. The topological polar surface area (TPSA) is 52.6 Å². The maximum Gasteiger partial charge on any atom is 0.333 e. The van der Waals surface area contributed by atoms with Gasteiger partial charge in [0, 0.05) is 17.7 Å². The molecule has 88 valence electrons. The highest BCUT2D eigenvalue weighted by Gasteiger charge is 2.53. The van der Waals surface area contributed by atoms with Gasteiger partial charge in [0.25, 0.3) is 0 Å². The normalized spacial score (nSPS) is 32.8. The van der Waals surface area contributed by atoms with Gasteiger partial charge in [-0.05, 0) is 12.7 Å². The third-order valence-electron chi connectivity index (χ3n) is 2.89. The standard InChI is InChI=1S/C11H14O4S/c1-7(2)10(13)15-11-3-4-16-6-8(11)14-9(12)5-11/h8H,1,3-6H2,2H3. The van der Waals surface area contributed by atoms with Crippen molar-refractivity contribution in [1.29, 1.82) is 0 Å². The Morgan fingerprint density at radius 3 is 3.12 bits per heavy atom. The first-order valence-electron chi connectivity index (χ1n) is 5.19. The molecule has 2 aliphatic rings. The minimum atomic E-state index is -0.738. The molecule has 0 bridgehead atoms. The second-order valence-corrected chi connectivity index (χ2v) is 5.36. The average Bonchev–Trinajstić information content (AvgIpc) is 2.53. The summed E-state index contributed by atoms with van der Waals surface area (Å²) in [7, 11) is 0. The first kappa shape index (κ1) is 11.5. The van der Waals surface area contributed by atoms with Crippen LogP contribution in [0.5, 0.6) is 0 Å². The molecule has 0 aliphatic carbocycles. The number of thioether (sulfide) groups is 1. The van der Waals surface area contributed by atoms with Crippen molar-refractivity contribution in [1.82, 2.24) is 0 Å². The van der Waals surface area contributed by atoms with Crippen LogP contribution >= 0.6 is 11.8 Å². The number of hydrogen-bond donors (Lipinski definition) is 0. The predicted octanol–water partition coefficient (Wildman–Crippen LogP) is 1.30. The third-order valence-corrected chi connectivity index (χ3v) is 3.92. The molecule has 2 rings (SSSR count). The first-order valence-corrected chi connectivity index (χ1v) is 6.35. The van der Waals surface area contributed by atoms with Crippen LogP contribution in [0.3, 0.4) is 0 Å². The van der Waals surface area contributed by atoms with Gasteiger partial charge in [-0.1, -0.05) is 6.58 Å². The molecule has 2 aliphatic heterocycles. The molecule has 0 spiro atoms. The van der Waals surface area contributed by atoms with Crippen molar-refractivity contribution >= 4 is 23.7 Å². The van der Waals surface area contributed by atoms with E-state index in [1.165, 1.54) is 0 Å². The van der Waals surface area contributed by atoms with E-state index in [1.807, 2.05) is 0 Å². The van der Waals surface area contributed by atoms with Gasteiger partial charge in [-0.2, -0.15) is 11.8 Å². The summed E-state index contributed by atoms with van der Waals surface area (Å²) in [4.78, 5) is 22.9. The second-order valence-electron chi connectivity index (χ2n) is 4.21. The molecule has 2 heterocycles. The van der Waals surface area contributed by atoms with Gasteiger partial charge in [0.1, 0.15) is 0 Å². The van der Waals surface area contributed by atoms with Crippen molar-refractivity contribution in [2.75, 3.05) is 11.5 Å². The Balaban J connectivity index is 2.16. The summed E-state index contributed by atoms with van der Waals surface area (Å²) in [5.41, 5.74) is -0.385. The van der Waals surface area contributed by atoms with E-state index in [4.69, 9.17) is 9.47 Å². The molecular formula is C11H14O4S. The van der Waals surface area contributed by atoms with Gasteiger partial charge in [0.05, 0.1) is 6.42 Å². The largest absolute Gasteiger partial charge is 0.457 e. The van der Waals surface area contributed by atoms with Crippen LogP contribution in [0.1, 0.15) is 19.8 Å². The van der Waals surface area contributed by atoms with Crippen LogP contribution in [0.4, 0.5) is 0 Å². The van der Waals surface area contributed by atoms with E-state index in [2.05, 4.69) is 6.58 Å². The number of fused-ring (bicyclic) bond motifs is 1. The lowest BCUT2D eigenvalue weighted by Crippen LogP contribution is -2.47. The van der Waals surface area contributed by atoms with Crippen molar-refractivity contribution in [3.05, 3.63) is 12.2 Å². The zero-order chi connectivity index (χ0) is 11.8. The summed E-state index contributed by atoms with van der Waals surface area (Å²) in [6.45, 7) is 5.15. The molecule has 0 N–H and O–H groups in total. The van der Waals surface area contributed by atoms with Crippen molar-refractivity contribution in [3.8, 4) is 0 Å². The van der Waals surface area contributed by atoms with Crippen LogP contribution in [0.25, 0.3) is 0 Å². The van der Waals surface area contributed by atoms with Crippen LogP contribution in [-0.4, -0.2) is 35.1 Å². The Hall–Kier alpha value is -0.970. The van der Waals surface area contributed by atoms with E-state index in [1.54, 1.807) is 18.7 Å². The number of carbonyl (C=O) groups excluding carboxylic acids is 2. The van der Waals surface area contributed by atoms with E-state index < -0.39 is 11.6 Å². The quantitative estimate of drug-likeness (QED) is 0.539. The Morgan fingerprint density at radius 1 is 1.69 bits per heavy atom. The predicted molar refractivity (Wildman–Crippen MR) is 60.1 cm³/mol. The van der Waals surface area contributed by atoms with Gasteiger partial charge in [-0.15, -0.1) is 0 Å². The van der Waals surface area contributed by atoms with E-state index in [-0.39, 0.29) is 18.5 Å². The summed E-state index contributed by atoms with van der Waals surface area (Å²) in [5.74, 6) is 0.878. The lowest BCUT2D eigenvalue weighted by Gasteiger charge is -2.35. The van der Waals surface area contributed by atoms with Crippen molar-refractivity contribution < 1.29 is 19.1 Å². The van der Waals surface area contributed by atoms with E-state index in [9.17, 15) is 9.59 Å². The Bertz CT molecular complexity index is 352. The summed E-state index contributed by atoms with van der Waals surface area (Å²) >= 11 is 1.72. The molecule has 4 nitrogen and oxygen atoms in total. The fourth-order valence-electron chi connectivity index (χ4n) is 1.96. The van der Waals surface area contributed by atoms with Crippen LogP contribution in [0.15, 0.2) is 12.2 Å². The summed E-state index contributed by atoms with van der Waals surface area (Å²) in [6, 6.07) is 0. The molecule has 2 unspecified atom stereocenters. The zero-order valence-electron chi connectivity index (χ0n) is 9.15. The van der Waals surface area contributed by atoms with Gasteiger partial charge < -0.3 is 9.47 Å². The van der Waals surface area contributed by atoms with Crippen LogP contribution in [0.2, 0.25) is 0 Å². The molecule has 0 radical (unpaired) electrons. The Morgan fingerprint density at radius 2 is 2.44 bits per heavy atom. The number of hydrogen-bond acceptors (Lipinski definition) is 5. The lowest BCUT2D eigenvalue weighted by atomic mass is 9.92. The molecule has 0 saturated carbocycles. The van der Waals surface area contributed by atoms with E-state index in [0.29, 0.717) is 17.7 Å². The van der Waals surface area contributed by atoms with Crippen LogP contribution in [-0.2, 0) is 19.1 Å². The number of rotatable bonds is 2. The molecule has 2 saturated heterocycles. The zero-order valence-corrected chi connectivity index (χ0v) is 9.97. The number of carbonyl (C=O) groups is 2. The highest BCUT2D eigenvalue weighted by Crippen LogP contribution is 2.40. The van der Waals surface area contributed by atoms with Gasteiger partial charge in [-0.3, -0.25) is 4.79 Å². The molecule has 5 heteroatoms. The van der Waals surface area contributed by atoms with Crippen molar-refractivity contribution in [2.45, 2.75) is 31.5 Å². The molecule has 0 aromatic rings. The average molecular weight is 242 g/mol. The van der Waals surface area contributed by atoms with Crippen molar-refractivity contribution in [3.63, 3.8) is 0 Å². The minimum Gasteiger partial charge on any atom is -0.457 e. The molecule has 2 fully saturated rings. The third kappa shape index (κ3) is 1.96. The van der Waals surface area contributed by atoms with Crippen LogP contribution < -0.4 is 0 Å². The maximum absolute atomic E-state index is 11.6. The molecule has 0 aromatic carbocycles. The van der Waals surface area contributed by atoms with Crippen LogP contribution in [0, 0.1) is 0 Å². The maximum atomic E-state index is 11.6. The fourth-order valence-corrected chi connectivity index (χ4v) is 3.20. The number of ether oxygens (including phenoxy) is 2. The monoisotopic (exact) mass is 242 g/mol. The summed E-state index contributed by atoms with van der Waals surface area (Å²) < 4.78 is 10.6. The first-order chi connectivity index (χ1) is 7.53. The highest BCUT2D eigenvalue weighted by molar-refractivity contribution is 7.99. The van der Waals surface area contributed by atoms with Gasteiger partial charge >= 0.3 is 11.9 Å². The smallest absolute Gasteiger partial charge is 0.333 e. The van der Waals surface area contributed by atoms with Gasteiger partial charge in [-0.25, -0.2) is 4.79 Å². The molecule has 0 amide bonds. The molecular weight excluding hydrogens is 228 g/mol. The molecule has 0 aromatic heterocycles. The summed E-state index contributed by atoms with van der Waals surface area (Å²) in [6.07, 6.45) is 0.562. The lowest BCUT2D eigenvalue weighted by molar-refractivity contribution is -0.161. The minimum absolute atomic E-state index is 0.178. The fraction of sp³-hybridized carbons (Fsp3) is 0.636. The highest BCUT2D eigenvalue weighted by atomic mass is 32.2. The van der Waals surface area contributed by atoms with Crippen molar-refractivity contribution in [2.24, 2.45) is 0 Å².